The second-order valence-corrected chi connectivity index (χ2v) is 19.7. The van der Waals surface area contributed by atoms with Crippen LogP contribution in [0.15, 0.2) is 259 Å². The van der Waals surface area contributed by atoms with Crippen LogP contribution in [0.5, 0.6) is 11.5 Å². The van der Waals surface area contributed by atoms with Gasteiger partial charge < -0.3 is 9.64 Å². The van der Waals surface area contributed by atoms with Crippen molar-refractivity contribution >= 4 is 39.6 Å². The zero-order valence-corrected chi connectivity index (χ0v) is 38.3. The van der Waals surface area contributed by atoms with Crippen LogP contribution >= 0.6 is 11.8 Å². The number of ether oxygens (including phenoxy) is 1. The molecule has 4 aliphatic rings. The number of hydrogen-bond donors (Lipinski definition) is 0. The van der Waals surface area contributed by atoms with Crippen molar-refractivity contribution in [1.29, 1.82) is 0 Å². The summed E-state index contributed by atoms with van der Waals surface area (Å²) in [5, 5.41) is 2.44. The van der Waals surface area contributed by atoms with Crippen LogP contribution in [0.1, 0.15) is 44.5 Å². The molecule has 2 nitrogen and oxygen atoms in total. The average Bonchev–Trinajstić information content (AvgIpc) is 3.88. The van der Waals surface area contributed by atoms with E-state index in [9.17, 15) is 0 Å². The summed E-state index contributed by atoms with van der Waals surface area (Å²) in [5.74, 6) is 1.77. The molecule has 69 heavy (non-hydrogen) atoms. The van der Waals surface area contributed by atoms with Crippen LogP contribution in [0.3, 0.4) is 0 Å². The third-order valence-corrected chi connectivity index (χ3v) is 16.5. The van der Waals surface area contributed by atoms with Gasteiger partial charge in [0.15, 0.2) is 0 Å². The summed E-state index contributed by atoms with van der Waals surface area (Å²) in [7, 11) is 0. The van der Waals surface area contributed by atoms with Gasteiger partial charge in [0.05, 0.1) is 22.2 Å². The van der Waals surface area contributed by atoms with Gasteiger partial charge in [-0.1, -0.05) is 212 Å². The second-order valence-electron chi connectivity index (χ2n) is 18.6. The van der Waals surface area contributed by atoms with Crippen molar-refractivity contribution in [3.05, 3.63) is 293 Å². The van der Waals surface area contributed by atoms with Crippen LogP contribution in [0.4, 0.5) is 17.1 Å². The Labute approximate surface area is 405 Å². The largest absolute Gasteiger partial charge is 0.457 e. The molecule has 0 unspecified atom stereocenters. The van der Waals surface area contributed by atoms with Crippen LogP contribution in [-0.2, 0) is 10.8 Å². The SMILES string of the molecule is c1ccc(-c2ccc(N(c3cccc4c3-c3ccccc3C43c4ccccc4Oc4ccccc43)c3cc4c(c5ccccc35)-c3ccccc3C43c4ccccc4Sc4ccccc43)cc2)cc1. The van der Waals surface area contributed by atoms with Crippen molar-refractivity contribution in [2.45, 2.75) is 20.6 Å². The third kappa shape index (κ3) is 5.12. The predicted octanol–water partition coefficient (Wildman–Crippen LogP) is 17.3. The Balaban J connectivity index is 1.08. The fourth-order valence-corrected chi connectivity index (χ4v) is 14.0. The molecular formula is C66H41NOS. The number of nitrogens with zero attached hydrogens (tertiary/aromatic N) is 1. The third-order valence-electron chi connectivity index (χ3n) is 15.4. The average molecular weight is 896 g/mol. The van der Waals surface area contributed by atoms with Crippen molar-refractivity contribution in [2.24, 2.45) is 0 Å². The maximum atomic E-state index is 6.77. The Morgan fingerprint density at radius 2 is 0.797 bits per heavy atom. The Morgan fingerprint density at radius 1 is 0.319 bits per heavy atom. The molecule has 0 N–H and O–H groups in total. The van der Waals surface area contributed by atoms with Crippen LogP contribution in [0, 0.1) is 0 Å². The molecule has 2 aliphatic heterocycles. The summed E-state index contributed by atoms with van der Waals surface area (Å²) in [4.78, 5) is 5.17. The topological polar surface area (TPSA) is 12.5 Å². The van der Waals surface area contributed by atoms with Gasteiger partial charge in [-0.25, -0.2) is 0 Å². The summed E-state index contributed by atoms with van der Waals surface area (Å²) >= 11 is 1.89. The first kappa shape index (κ1) is 38.7. The first-order valence-corrected chi connectivity index (χ1v) is 24.6. The molecule has 322 valence electrons. The molecule has 0 aromatic heterocycles. The molecule has 2 spiro atoms. The molecule has 0 radical (unpaired) electrons. The lowest BCUT2D eigenvalue weighted by molar-refractivity contribution is 0.436. The van der Waals surface area contributed by atoms with Gasteiger partial charge in [-0.15, -0.1) is 0 Å². The Morgan fingerprint density at radius 3 is 1.45 bits per heavy atom. The minimum atomic E-state index is -0.616. The van der Waals surface area contributed by atoms with Gasteiger partial charge in [-0.05, 0) is 115 Å². The van der Waals surface area contributed by atoms with E-state index in [2.05, 4.69) is 254 Å². The molecule has 2 aliphatic carbocycles. The quantitative estimate of drug-likeness (QED) is 0.175. The molecule has 2 heterocycles. The minimum absolute atomic E-state index is 0.559. The van der Waals surface area contributed by atoms with E-state index in [-0.39, 0.29) is 0 Å². The van der Waals surface area contributed by atoms with E-state index in [0.29, 0.717) is 0 Å². The van der Waals surface area contributed by atoms with E-state index in [1.54, 1.807) is 0 Å². The highest BCUT2D eigenvalue weighted by Crippen LogP contribution is 2.67. The number of para-hydroxylation sites is 2. The molecule has 0 saturated heterocycles. The van der Waals surface area contributed by atoms with Gasteiger partial charge in [-0.2, -0.15) is 0 Å². The zero-order valence-electron chi connectivity index (χ0n) is 37.4. The lowest BCUT2D eigenvalue weighted by Gasteiger charge is -2.40. The van der Waals surface area contributed by atoms with Gasteiger partial charge >= 0.3 is 0 Å². The summed E-state index contributed by atoms with van der Waals surface area (Å²) in [6.45, 7) is 0. The van der Waals surface area contributed by atoms with E-state index < -0.39 is 10.8 Å². The monoisotopic (exact) mass is 895 g/mol. The summed E-state index contributed by atoms with van der Waals surface area (Å²) in [5.41, 5.74) is 19.7. The first-order valence-electron chi connectivity index (χ1n) is 23.8. The number of hydrogen-bond acceptors (Lipinski definition) is 3. The predicted molar refractivity (Wildman–Crippen MR) is 283 cm³/mol. The van der Waals surface area contributed by atoms with Gasteiger partial charge in [0.25, 0.3) is 0 Å². The molecule has 0 fully saturated rings. The van der Waals surface area contributed by atoms with Crippen LogP contribution in [0.2, 0.25) is 0 Å². The van der Waals surface area contributed by atoms with Crippen LogP contribution in [0.25, 0.3) is 44.2 Å². The van der Waals surface area contributed by atoms with Gasteiger partial charge in [0.2, 0.25) is 0 Å². The normalized spacial score (nSPS) is 14.4. The second kappa shape index (κ2) is 14.6. The van der Waals surface area contributed by atoms with E-state index in [4.69, 9.17) is 4.74 Å². The fraction of sp³-hybridized carbons (Fsp3) is 0.0303. The van der Waals surface area contributed by atoms with Gasteiger partial charge in [0.1, 0.15) is 11.5 Å². The van der Waals surface area contributed by atoms with E-state index in [1.807, 2.05) is 11.8 Å². The molecule has 0 amide bonds. The fourth-order valence-electron chi connectivity index (χ4n) is 12.8. The molecular weight excluding hydrogens is 855 g/mol. The number of benzene rings is 11. The molecule has 11 aromatic rings. The van der Waals surface area contributed by atoms with Crippen molar-refractivity contribution in [3.8, 4) is 44.9 Å². The lowest BCUT2D eigenvalue weighted by Crippen LogP contribution is -2.32. The molecule has 11 aromatic carbocycles. The van der Waals surface area contributed by atoms with E-state index >= 15 is 0 Å². The van der Waals surface area contributed by atoms with Crippen molar-refractivity contribution < 1.29 is 4.74 Å². The highest BCUT2D eigenvalue weighted by Gasteiger charge is 2.53. The first-order chi connectivity index (χ1) is 34.2. The number of rotatable bonds is 4. The Bertz CT molecular complexity index is 3840. The summed E-state index contributed by atoms with van der Waals surface area (Å²) in [6.07, 6.45) is 0. The number of fused-ring (bicyclic) bond motifs is 20. The number of anilines is 3. The van der Waals surface area contributed by atoms with Gasteiger partial charge in [0, 0.05) is 37.6 Å². The van der Waals surface area contributed by atoms with E-state index in [1.165, 1.54) is 87.3 Å². The standard InChI is InChI=1S/C66H41NOS/c1-2-19-42(20-3-1)43-37-39-44(40-38-43)67(57-32-18-31-55-64(57)48-24-7-9-26-50(48)65(55)51-27-10-14-33-59(51)68-60-34-15-11-28-52(60)65)58-41-56-63(46-22-5-4-21-45(46)58)47-23-6-8-25-49(47)66(56)53-29-12-16-35-61(53)69-62-36-17-13-30-54(62)66/h1-41H. The molecule has 0 saturated carbocycles. The van der Waals surface area contributed by atoms with Crippen LogP contribution < -0.4 is 9.64 Å². The summed E-state index contributed by atoms with van der Waals surface area (Å²) < 4.78 is 6.77. The van der Waals surface area contributed by atoms with Gasteiger partial charge in [-0.3, -0.25) is 0 Å². The van der Waals surface area contributed by atoms with Crippen molar-refractivity contribution in [3.63, 3.8) is 0 Å². The highest BCUT2D eigenvalue weighted by atomic mass is 32.2. The zero-order chi connectivity index (χ0) is 45.3. The van der Waals surface area contributed by atoms with E-state index in [0.717, 1.165) is 39.7 Å². The Kier molecular flexibility index (Phi) is 8.17. The highest BCUT2D eigenvalue weighted by molar-refractivity contribution is 7.99. The Hall–Kier alpha value is -8.37. The van der Waals surface area contributed by atoms with Crippen molar-refractivity contribution in [2.75, 3.05) is 4.90 Å². The molecule has 0 bridgehead atoms. The summed E-state index contributed by atoms with van der Waals surface area (Å²) in [6, 6.07) is 92.4. The van der Waals surface area contributed by atoms with Crippen LogP contribution in [-0.4, -0.2) is 0 Å². The lowest BCUT2D eigenvalue weighted by atomic mass is 9.66. The smallest absolute Gasteiger partial charge is 0.132 e. The van der Waals surface area contributed by atoms with Crippen molar-refractivity contribution in [1.82, 2.24) is 0 Å². The maximum Gasteiger partial charge on any atom is 0.132 e. The molecule has 15 rings (SSSR count). The minimum Gasteiger partial charge on any atom is -0.457 e. The molecule has 3 heteroatoms. The molecule has 0 atom stereocenters. The maximum absolute atomic E-state index is 6.77.